The van der Waals surface area contributed by atoms with Gasteiger partial charge in [0.25, 0.3) is 5.91 Å². The number of rotatable bonds is 4. The summed E-state index contributed by atoms with van der Waals surface area (Å²) in [5.41, 5.74) is 0.585. The van der Waals surface area contributed by atoms with E-state index in [4.69, 9.17) is 4.74 Å². The molecule has 1 amide bonds. The Morgan fingerprint density at radius 3 is 2.42 bits per heavy atom. The van der Waals surface area contributed by atoms with E-state index >= 15 is 0 Å². The van der Waals surface area contributed by atoms with Crippen LogP contribution >= 0.6 is 0 Å². The summed E-state index contributed by atoms with van der Waals surface area (Å²) in [6, 6.07) is 11.7. The van der Waals surface area contributed by atoms with Crippen LogP contribution in [0.4, 0.5) is 0 Å². The first-order valence-corrected chi connectivity index (χ1v) is 6.47. The predicted octanol–water partition coefficient (Wildman–Crippen LogP) is 3.23. The number of nitrogens with one attached hydrogen (secondary N) is 1. The number of ether oxygens (including phenoxy) is 1. The Labute approximate surface area is 113 Å². The Kier molecular flexibility index (Phi) is 4.05. The van der Waals surface area contributed by atoms with Crippen molar-refractivity contribution in [1.82, 2.24) is 5.32 Å². The minimum atomic E-state index is -0.0868. The molecular weight excluding hydrogens is 238 g/mol. The molecule has 0 aliphatic carbocycles. The van der Waals surface area contributed by atoms with Crippen LogP contribution in [0.25, 0.3) is 10.8 Å². The van der Waals surface area contributed by atoms with Crippen molar-refractivity contribution in [1.29, 1.82) is 0 Å². The van der Waals surface area contributed by atoms with Crippen molar-refractivity contribution >= 4 is 16.7 Å². The molecule has 2 aromatic rings. The second kappa shape index (κ2) is 5.74. The van der Waals surface area contributed by atoms with E-state index in [9.17, 15) is 4.79 Å². The van der Waals surface area contributed by atoms with Crippen molar-refractivity contribution in [2.45, 2.75) is 13.8 Å². The predicted molar refractivity (Wildman–Crippen MR) is 77.7 cm³/mol. The molecular formula is C16H19NO2. The van der Waals surface area contributed by atoms with Gasteiger partial charge in [-0.15, -0.1) is 0 Å². The number of carbonyl (C=O) groups is 1. The van der Waals surface area contributed by atoms with Crippen LogP contribution in [0.15, 0.2) is 36.4 Å². The van der Waals surface area contributed by atoms with E-state index in [1.807, 2.05) is 36.4 Å². The second-order valence-corrected chi connectivity index (χ2v) is 5.00. The molecule has 2 aromatic carbocycles. The summed E-state index contributed by atoms with van der Waals surface area (Å²) in [5.74, 6) is 0.951. The van der Waals surface area contributed by atoms with E-state index < -0.39 is 0 Å². The number of benzene rings is 2. The third kappa shape index (κ3) is 3.05. The van der Waals surface area contributed by atoms with E-state index in [0.29, 0.717) is 23.8 Å². The maximum absolute atomic E-state index is 12.2. The zero-order valence-corrected chi connectivity index (χ0v) is 11.6. The molecule has 0 saturated carbocycles. The highest BCUT2D eigenvalue weighted by molar-refractivity contribution is 6.01. The minimum Gasteiger partial charge on any atom is -0.496 e. The van der Waals surface area contributed by atoms with Crippen molar-refractivity contribution in [3.05, 3.63) is 42.0 Å². The van der Waals surface area contributed by atoms with Crippen LogP contribution in [-0.4, -0.2) is 19.6 Å². The molecule has 1 N–H and O–H groups in total. The van der Waals surface area contributed by atoms with Crippen LogP contribution in [0.2, 0.25) is 0 Å². The Balaban J connectivity index is 2.37. The molecule has 0 unspecified atom stereocenters. The van der Waals surface area contributed by atoms with Crippen molar-refractivity contribution in [2.24, 2.45) is 5.92 Å². The van der Waals surface area contributed by atoms with Crippen molar-refractivity contribution in [3.63, 3.8) is 0 Å². The Hall–Kier alpha value is -2.03. The average Bonchev–Trinajstić information content (AvgIpc) is 2.43. The fourth-order valence-corrected chi connectivity index (χ4v) is 1.96. The summed E-state index contributed by atoms with van der Waals surface area (Å²) in [6.45, 7) is 4.80. The van der Waals surface area contributed by atoms with E-state index in [1.54, 1.807) is 7.11 Å². The van der Waals surface area contributed by atoms with Crippen LogP contribution in [0.1, 0.15) is 24.2 Å². The van der Waals surface area contributed by atoms with E-state index in [0.717, 1.165) is 10.8 Å². The molecule has 100 valence electrons. The van der Waals surface area contributed by atoms with Gasteiger partial charge in [-0.2, -0.15) is 0 Å². The molecule has 0 heterocycles. The average molecular weight is 257 g/mol. The second-order valence-electron chi connectivity index (χ2n) is 5.00. The summed E-state index contributed by atoms with van der Waals surface area (Å²) in [4.78, 5) is 12.2. The molecule has 2 rings (SSSR count). The Morgan fingerprint density at radius 2 is 1.84 bits per heavy atom. The van der Waals surface area contributed by atoms with Gasteiger partial charge in [0, 0.05) is 6.54 Å². The number of hydrogen-bond acceptors (Lipinski definition) is 2. The first-order valence-electron chi connectivity index (χ1n) is 6.47. The maximum atomic E-state index is 12.2. The van der Waals surface area contributed by atoms with Crippen molar-refractivity contribution < 1.29 is 9.53 Å². The lowest BCUT2D eigenvalue weighted by Gasteiger charge is -2.12. The largest absolute Gasteiger partial charge is 0.496 e. The molecule has 0 atom stereocenters. The maximum Gasteiger partial charge on any atom is 0.255 e. The first-order chi connectivity index (χ1) is 9.11. The Bertz CT molecular complexity index is 590. The van der Waals surface area contributed by atoms with Gasteiger partial charge in [0.2, 0.25) is 0 Å². The van der Waals surface area contributed by atoms with E-state index in [1.165, 1.54) is 0 Å². The zero-order valence-electron chi connectivity index (χ0n) is 11.6. The van der Waals surface area contributed by atoms with Crippen LogP contribution in [0, 0.1) is 5.92 Å². The molecule has 0 fully saturated rings. The van der Waals surface area contributed by atoms with Gasteiger partial charge in [-0.25, -0.2) is 0 Å². The number of methoxy groups -OCH3 is 1. The molecule has 0 spiro atoms. The molecule has 19 heavy (non-hydrogen) atoms. The van der Waals surface area contributed by atoms with E-state index in [-0.39, 0.29) is 5.91 Å². The number of hydrogen-bond donors (Lipinski definition) is 1. The SMILES string of the molecule is COc1cc2ccccc2cc1C(=O)NCC(C)C. The smallest absolute Gasteiger partial charge is 0.255 e. The number of carbonyl (C=O) groups excluding carboxylic acids is 1. The molecule has 0 bridgehead atoms. The van der Waals surface area contributed by atoms with Gasteiger partial charge in [0.1, 0.15) is 5.75 Å². The normalized spacial score (nSPS) is 10.7. The highest BCUT2D eigenvalue weighted by Gasteiger charge is 2.13. The zero-order chi connectivity index (χ0) is 13.8. The number of fused-ring (bicyclic) bond motifs is 1. The van der Waals surface area contributed by atoms with Gasteiger partial charge in [-0.3, -0.25) is 4.79 Å². The highest BCUT2D eigenvalue weighted by atomic mass is 16.5. The third-order valence-electron chi connectivity index (χ3n) is 2.98. The highest BCUT2D eigenvalue weighted by Crippen LogP contribution is 2.25. The third-order valence-corrected chi connectivity index (χ3v) is 2.98. The summed E-state index contributed by atoms with van der Waals surface area (Å²) >= 11 is 0. The summed E-state index contributed by atoms with van der Waals surface area (Å²) < 4.78 is 5.32. The molecule has 0 aliphatic heterocycles. The van der Waals surface area contributed by atoms with Crippen LogP contribution < -0.4 is 10.1 Å². The molecule has 0 saturated heterocycles. The molecule has 0 aliphatic rings. The fourth-order valence-electron chi connectivity index (χ4n) is 1.96. The van der Waals surface area contributed by atoms with Gasteiger partial charge >= 0.3 is 0 Å². The lowest BCUT2D eigenvalue weighted by molar-refractivity contribution is 0.0946. The van der Waals surface area contributed by atoms with Gasteiger partial charge in [-0.05, 0) is 28.8 Å². The molecule has 0 aromatic heterocycles. The van der Waals surface area contributed by atoms with Gasteiger partial charge in [0.05, 0.1) is 12.7 Å². The summed E-state index contributed by atoms with van der Waals surface area (Å²) in [7, 11) is 1.59. The molecule has 0 radical (unpaired) electrons. The standard InChI is InChI=1S/C16H19NO2/c1-11(2)10-17-16(18)14-8-12-6-4-5-7-13(12)9-15(14)19-3/h4-9,11H,10H2,1-3H3,(H,17,18). The van der Waals surface area contributed by atoms with Crippen molar-refractivity contribution in [3.8, 4) is 5.75 Å². The van der Waals surface area contributed by atoms with Crippen LogP contribution in [0.3, 0.4) is 0 Å². The van der Waals surface area contributed by atoms with Gasteiger partial charge in [-0.1, -0.05) is 38.1 Å². The molecule has 3 heteroatoms. The summed E-state index contributed by atoms with van der Waals surface area (Å²) in [5, 5.41) is 5.03. The quantitative estimate of drug-likeness (QED) is 0.913. The van der Waals surface area contributed by atoms with Crippen LogP contribution in [0.5, 0.6) is 5.75 Å². The fraction of sp³-hybridized carbons (Fsp3) is 0.312. The lowest BCUT2D eigenvalue weighted by atomic mass is 10.1. The minimum absolute atomic E-state index is 0.0868. The number of amides is 1. The molecule has 3 nitrogen and oxygen atoms in total. The van der Waals surface area contributed by atoms with Crippen molar-refractivity contribution in [2.75, 3.05) is 13.7 Å². The van der Waals surface area contributed by atoms with Gasteiger partial charge < -0.3 is 10.1 Å². The van der Waals surface area contributed by atoms with Crippen LogP contribution in [-0.2, 0) is 0 Å². The summed E-state index contributed by atoms with van der Waals surface area (Å²) in [6.07, 6.45) is 0. The van der Waals surface area contributed by atoms with E-state index in [2.05, 4.69) is 19.2 Å². The van der Waals surface area contributed by atoms with Gasteiger partial charge in [0.15, 0.2) is 0 Å². The first kappa shape index (κ1) is 13.4. The monoisotopic (exact) mass is 257 g/mol. The Morgan fingerprint density at radius 1 is 1.21 bits per heavy atom. The topological polar surface area (TPSA) is 38.3 Å². The lowest BCUT2D eigenvalue weighted by Crippen LogP contribution is -2.27.